The van der Waals surface area contributed by atoms with Gasteiger partial charge in [-0.2, -0.15) is 13.2 Å². The molecule has 1 amide bonds. The summed E-state index contributed by atoms with van der Waals surface area (Å²) in [6, 6.07) is 10.1. The molecule has 0 aliphatic rings. The molecule has 158 valence electrons. The number of rotatable bonds is 9. The van der Waals surface area contributed by atoms with Crippen molar-refractivity contribution in [3.8, 4) is 11.5 Å². The number of carbonyl (C=O) groups is 1. The summed E-state index contributed by atoms with van der Waals surface area (Å²) >= 11 is 0. The minimum absolute atomic E-state index is 0.183. The Hall–Kier alpha value is -2.70. The Morgan fingerprint density at radius 3 is 2.45 bits per heavy atom. The van der Waals surface area contributed by atoms with Crippen LogP contribution in [0.3, 0.4) is 0 Å². The number of hydrogen-bond donors (Lipinski definition) is 1. The van der Waals surface area contributed by atoms with E-state index in [1.165, 1.54) is 13.2 Å². The van der Waals surface area contributed by atoms with Crippen LogP contribution < -0.4 is 14.8 Å². The number of alkyl halides is 3. The molecule has 2 aromatic carbocycles. The zero-order chi connectivity index (χ0) is 21.4. The molecule has 2 rings (SSSR count). The van der Waals surface area contributed by atoms with Crippen molar-refractivity contribution in [2.45, 2.75) is 44.8 Å². The summed E-state index contributed by atoms with van der Waals surface area (Å²) in [5.41, 5.74) is 0.563. The number of ether oxygens (including phenoxy) is 2. The second kappa shape index (κ2) is 10.2. The zero-order valence-corrected chi connectivity index (χ0v) is 16.8. The number of methoxy groups -OCH3 is 2. The summed E-state index contributed by atoms with van der Waals surface area (Å²) in [7, 11) is 3.07. The average molecular weight is 409 g/mol. The lowest BCUT2D eigenvalue weighted by Gasteiger charge is -2.20. The Balaban J connectivity index is 2.09. The molecule has 0 heterocycles. The van der Waals surface area contributed by atoms with Gasteiger partial charge in [-0.1, -0.05) is 37.6 Å². The monoisotopic (exact) mass is 409 g/mol. The predicted octanol–water partition coefficient (Wildman–Crippen LogP) is 5.31. The molecule has 0 fully saturated rings. The molecular formula is C22H26F3NO3. The van der Waals surface area contributed by atoms with E-state index in [0.717, 1.165) is 24.1 Å². The second-order valence-electron chi connectivity index (χ2n) is 6.68. The van der Waals surface area contributed by atoms with Gasteiger partial charge in [-0.25, -0.2) is 0 Å². The molecular weight excluding hydrogens is 383 g/mol. The summed E-state index contributed by atoms with van der Waals surface area (Å²) < 4.78 is 49.7. The van der Waals surface area contributed by atoms with Crippen LogP contribution in [0.15, 0.2) is 42.5 Å². The van der Waals surface area contributed by atoms with Crippen LogP contribution in [0.4, 0.5) is 13.2 Å². The number of nitrogens with one attached hydrogen (secondary N) is 1. The van der Waals surface area contributed by atoms with Crippen molar-refractivity contribution < 1.29 is 27.4 Å². The molecule has 0 aliphatic carbocycles. The van der Waals surface area contributed by atoms with Crippen LogP contribution in [0.2, 0.25) is 0 Å². The Kier molecular flexibility index (Phi) is 7.93. The lowest BCUT2D eigenvalue weighted by atomic mass is 9.99. The first-order valence-electron chi connectivity index (χ1n) is 9.46. The molecule has 0 radical (unpaired) electrons. The van der Waals surface area contributed by atoms with Gasteiger partial charge in [0.2, 0.25) is 5.91 Å². The molecule has 29 heavy (non-hydrogen) atoms. The van der Waals surface area contributed by atoms with Gasteiger partial charge in [0.25, 0.3) is 0 Å². The molecule has 1 unspecified atom stereocenters. The quantitative estimate of drug-likeness (QED) is 0.610. The van der Waals surface area contributed by atoms with Crippen LogP contribution in [-0.2, 0) is 17.4 Å². The van der Waals surface area contributed by atoms with E-state index in [0.29, 0.717) is 29.9 Å². The molecule has 4 nitrogen and oxygen atoms in total. The number of aryl methyl sites for hydroxylation is 1. The summed E-state index contributed by atoms with van der Waals surface area (Å²) in [5, 5.41) is 2.87. The van der Waals surface area contributed by atoms with Gasteiger partial charge in [-0.15, -0.1) is 0 Å². The number of benzene rings is 2. The average Bonchev–Trinajstić information content (AvgIpc) is 2.71. The van der Waals surface area contributed by atoms with Crippen molar-refractivity contribution in [1.82, 2.24) is 5.32 Å². The highest BCUT2D eigenvalue weighted by atomic mass is 19.4. The summed E-state index contributed by atoms with van der Waals surface area (Å²) in [6.45, 7) is 1.92. The van der Waals surface area contributed by atoms with Crippen LogP contribution in [0.5, 0.6) is 11.5 Å². The van der Waals surface area contributed by atoms with E-state index in [1.807, 2.05) is 19.1 Å². The normalized spacial score (nSPS) is 12.3. The van der Waals surface area contributed by atoms with E-state index in [1.54, 1.807) is 19.2 Å². The minimum Gasteiger partial charge on any atom is -0.493 e. The third-order valence-electron chi connectivity index (χ3n) is 4.63. The molecule has 0 aromatic heterocycles. The Morgan fingerprint density at radius 2 is 1.83 bits per heavy atom. The van der Waals surface area contributed by atoms with Crippen LogP contribution in [-0.4, -0.2) is 20.1 Å². The van der Waals surface area contributed by atoms with E-state index >= 15 is 0 Å². The van der Waals surface area contributed by atoms with E-state index in [4.69, 9.17) is 9.47 Å². The molecule has 0 aliphatic heterocycles. The van der Waals surface area contributed by atoms with Crippen LogP contribution in [0.25, 0.3) is 0 Å². The predicted molar refractivity (Wildman–Crippen MR) is 105 cm³/mol. The van der Waals surface area contributed by atoms with Crippen LogP contribution in [0, 0.1) is 0 Å². The maximum atomic E-state index is 13.0. The molecule has 0 saturated heterocycles. The van der Waals surface area contributed by atoms with Crippen molar-refractivity contribution in [1.29, 1.82) is 0 Å². The Labute approximate surface area is 169 Å². The lowest BCUT2D eigenvalue weighted by molar-refractivity contribution is -0.137. The van der Waals surface area contributed by atoms with E-state index < -0.39 is 17.8 Å². The fraction of sp³-hybridized carbons (Fsp3) is 0.409. The first-order chi connectivity index (χ1) is 13.8. The summed E-state index contributed by atoms with van der Waals surface area (Å²) in [6.07, 6.45) is -2.53. The van der Waals surface area contributed by atoms with Crippen molar-refractivity contribution in [3.63, 3.8) is 0 Å². The van der Waals surface area contributed by atoms with Gasteiger partial charge in [-0.05, 0) is 42.2 Å². The maximum Gasteiger partial charge on any atom is 0.416 e. The molecule has 1 N–H and O–H groups in total. The van der Waals surface area contributed by atoms with E-state index in [2.05, 4.69) is 5.32 Å². The number of halogens is 3. The maximum absolute atomic E-state index is 13.0. The van der Waals surface area contributed by atoms with Crippen LogP contribution in [0.1, 0.15) is 48.9 Å². The molecule has 0 bridgehead atoms. The van der Waals surface area contributed by atoms with E-state index in [-0.39, 0.29) is 12.3 Å². The van der Waals surface area contributed by atoms with Crippen molar-refractivity contribution >= 4 is 5.91 Å². The van der Waals surface area contributed by atoms with Gasteiger partial charge in [0.05, 0.1) is 25.8 Å². The molecule has 2 aromatic rings. The van der Waals surface area contributed by atoms with Gasteiger partial charge < -0.3 is 14.8 Å². The summed E-state index contributed by atoms with van der Waals surface area (Å²) in [4.78, 5) is 12.5. The third kappa shape index (κ3) is 6.14. The fourth-order valence-electron chi connectivity index (χ4n) is 3.21. The topological polar surface area (TPSA) is 47.6 Å². The highest BCUT2D eigenvalue weighted by Crippen LogP contribution is 2.33. The Bertz CT molecular complexity index is 821. The number of carbonyl (C=O) groups excluding carboxylic acids is 1. The number of para-hydroxylation sites is 1. The van der Waals surface area contributed by atoms with Gasteiger partial charge >= 0.3 is 6.18 Å². The van der Waals surface area contributed by atoms with Gasteiger partial charge in [0.1, 0.15) is 0 Å². The zero-order valence-electron chi connectivity index (χ0n) is 16.8. The molecule has 0 saturated carbocycles. The molecule has 7 heteroatoms. The molecule has 0 spiro atoms. The summed E-state index contributed by atoms with van der Waals surface area (Å²) in [5.74, 6) is 0.926. The number of hydrogen-bond acceptors (Lipinski definition) is 3. The van der Waals surface area contributed by atoms with Gasteiger partial charge in [0, 0.05) is 6.42 Å². The third-order valence-corrected chi connectivity index (χ3v) is 4.63. The first-order valence-corrected chi connectivity index (χ1v) is 9.46. The second-order valence-corrected chi connectivity index (χ2v) is 6.68. The Morgan fingerprint density at radius 1 is 1.10 bits per heavy atom. The van der Waals surface area contributed by atoms with Gasteiger partial charge in [0.15, 0.2) is 11.5 Å². The van der Waals surface area contributed by atoms with E-state index in [9.17, 15) is 18.0 Å². The smallest absolute Gasteiger partial charge is 0.416 e. The largest absolute Gasteiger partial charge is 0.493 e. The standard InChI is InChI=1S/C22H26F3NO3/c1-4-7-18(16-9-5-10-17(14-16)22(23,24)25)26-20(27)13-12-15-8-6-11-19(28-2)21(15)29-3/h5-6,8-11,14,18H,4,7,12-13H2,1-3H3,(H,26,27). The number of amides is 1. The van der Waals surface area contributed by atoms with Crippen molar-refractivity contribution in [3.05, 3.63) is 59.2 Å². The lowest BCUT2D eigenvalue weighted by Crippen LogP contribution is -2.29. The van der Waals surface area contributed by atoms with Crippen molar-refractivity contribution in [2.75, 3.05) is 14.2 Å². The minimum atomic E-state index is -4.42. The highest BCUT2D eigenvalue weighted by Gasteiger charge is 2.31. The SMILES string of the molecule is CCCC(NC(=O)CCc1cccc(OC)c1OC)c1cccc(C(F)(F)F)c1. The first kappa shape index (κ1) is 22.6. The molecule has 1 atom stereocenters. The fourth-order valence-corrected chi connectivity index (χ4v) is 3.21. The highest BCUT2D eigenvalue weighted by molar-refractivity contribution is 5.77. The van der Waals surface area contributed by atoms with Crippen LogP contribution >= 0.6 is 0 Å². The van der Waals surface area contributed by atoms with Gasteiger partial charge in [-0.3, -0.25) is 4.79 Å². The van der Waals surface area contributed by atoms with Crippen molar-refractivity contribution in [2.24, 2.45) is 0 Å².